The van der Waals surface area contributed by atoms with Gasteiger partial charge in [-0.15, -0.1) is 0 Å². The zero-order valence-corrected chi connectivity index (χ0v) is 17.6. The Labute approximate surface area is 176 Å². The monoisotopic (exact) mass is 410 g/mol. The fraction of sp³-hybridized carbons (Fsp3) is 0.522. The molecule has 0 radical (unpaired) electrons. The largest absolute Gasteiger partial charge is 0.465 e. The Morgan fingerprint density at radius 3 is 2.87 bits per heavy atom. The Morgan fingerprint density at radius 2 is 2.03 bits per heavy atom. The first-order valence-corrected chi connectivity index (χ1v) is 11.1. The van der Waals surface area contributed by atoms with Gasteiger partial charge in [-0.3, -0.25) is 4.90 Å². The zero-order chi connectivity index (χ0) is 20.9. The molecule has 1 atom stereocenters. The van der Waals surface area contributed by atoms with Crippen molar-refractivity contribution in [1.29, 1.82) is 0 Å². The first-order chi connectivity index (χ1) is 14.7. The van der Waals surface area contributed by atoms with Crippen LogP contribution in [0.5, 0.6) is 0 Å². The summed E-state index contributed by atoms with van der Waals surface area (Å²) in [7, 11) is 0. The molecule has 1 aliphatic rings. The van der Waals surface area contributed by atoms with Crippen LogP contribution in [-0.4, -0.2) is 37.4 Å². The fourth-order valence-electron chi connectivity index (χ4n) is 4.32. The van der Waals surface area contributed by atoms with Gasteiger partial charge in [-0.25, -0.2) is 4.79 Å². The molecule has 7 heteroatoms. The molecule has 4 rings (SSSR count). The van der Waals surface area contributed by atoms with Gasteiger partial charge in [0.2, 0.25) is 11.7 Å². The van der Waals surface area contributed by atoms with Gasteiger partial charge in [0, 0.05) is 30.4 Å². The molecule has 0 saturated carbocycles. The van der Waals surface area contributed by atoms with Gasteiger partial charge in [0.15, 0.2) is 0 Å². The number of benzene rings is 1. The second kappa shape index (κ2) is 9.32. The molecule has 0 unspecified atom stereocenters. The van der Waals surface area contributed by atoms with Crippen molar-refractivity contribution in [3.8, 4) is 11.4 Å². The molecule has 1 aliphatic heterocycles. The number of rotatable bonds is 9. The summed E-state index contributed by atoms with van der Waals surface area (Å²) in [5.74, 6) is 0.893. The van der Waals surface area contributed by atoms with E-state index in [-0.39, 0.29) is 6.04 Å². The van der Waals surface area contributed by atoms with E-state index < -0.39 is 6.09 Å². The summed E-state index contributed by atoms with van der Waals surface area (Å²) in [6.45, 7) is 3.76. The topological polar surface area (TPSA) is 84.4 Å². The molecule has 0 aliphatic carbocycles. The molecule has 1 saturated heterocycles. The van der Waals surface area contributed by atoms with Crippen LogP contribution in [0.15, 0.2) is 35.0 Å². The van der Waals surface area contributed by atoms with Crippen molar-refractivity contribution in [2.75, 3.05) is 6.54 Å². The van der Waals surface area contributed by atoms with Gasteiger partial charge >= 0.3 is 6.09 Å². The smallest absolute Gasteiger partial charge is 0.407 e. The normalized spacial score (nSPS) is 16.6. The standard InChI is InChI=1S/C23H30N4O3/c1-2-3-4-5-6-7-13-26-15-12-17-10-11-18(16-20(17)26)21-24-22(30-25-21)19-9-8-14-27(19)23(28)29/h10-12,15-16,19H,2-9,13-14H2,1H3,(H,28,29)/t19-/m0/s1. The van der Waals surface area contributed by atoms with E-state index >= 15 is 0 Å². The van der Waals surface area contributed by atoms with Crippen molar-refractivity contribution >= 4 is 17.0 Å². The highest BCUT2D eigenvalue weighted by Crippen LogP contribution is 2.32. The van der Waals surface area contributed by atoms with E-state index in [1.807, 2.05) is 6.07 Å². The van der Waals surface area contributed by atoms with E-state index in [9.17, 15) is 9.90 Å². The van der Waals surface area contributed by atoms with Gasteiger partial charge in [-0.05, 0) is 36.8 Å². The van der Waals surface area contributed by atoms with E-state index in [0.717, 1.165) is 18.5 Å². The predicted octanol–water partition coefficient (Wildman–Crippen LogP) is 5.87. The van der Waals surface area contributed by atoms with E-state index in [0.29, 0.717) is 24.7 Å². The molecule has 3 heterocycles. The fourth-order valence-corrected chi connectivity index (χ4v) is 4.32. The van der Waals surface area contributed by atoms with Gasteiger partial charge in [-0.1, -0.05) is 56.3 Å². The lowest BCUT2D eigenvalue weighted by atomic mass is 10.1. The highest BCUT2D eigenvalue weighted by atomic mass is 16.5. The number of hydrogen-bond donors (Lipinski definition) is 1. The summed E-state index contributed by atoms with van der Waals surface area (Å²) in [6, 6.07) is 7.97. The third kappa shape index (κ3) is 4.35. The van der Waals surface area contributed by atoms with Gasteiger partial charge < -0.3 is 14.2 Å². The van der Waals surface area contributed by atoms with Crippen LogP contribution in [0.2, 0.25) is 0 Å². The van der Waals surface area contributed by atoms with Crippen molar-refractivity contribution in [1.82, 2.24) is 19.6 Å². The minimum absolute atomic E-state index is 0.343. The number of fused-ring (bicyclic) bond motifs is 1. The minimum atomic E-state index is -0.939. The number of aromatic nitrogens is 3. The summed E-state index contributed by atoms with van der Waals surface area (Å²) in [5.41, 5.74) is 2.06. The van der Waals surface area contributed by atoms with E-state index in [1.54, 1.807) is 0 Å². The van der Waals surface area contributed by atoms with Crippen molar-refractivity contribution in [3.05, 3.63) is 36.4 Å². The molecular weight excluding hydrogens is 380 g/mol. The lowest BCUT2D eigenvalue weighted by molar-refractivity contribution is 0.131. The average molecular weight is 411 g/mol. The van der Waals surface area contributed by atoms with Gasteiger partial charge in [-0.2, -0.15) is 4.98 Å². The lowest BCUT2D eigenvalue weighted by Gasteiger charge is -2.17. The molecule has 1 N–H and O–H groups in total. The molecule has 2 aromatic heterocycles. The van der Waals surface area contributed by atoms with Crippen LogP contribution >= 0.6 is 0 Å². The van der Waals surface area contributed by atoms with Crippen molar-refractivity contribution in [2.45, 2.75) is 70.9 Å². The highest BCUT2D eigenvalue weighted by molar-refractivity contribution is 5.84. The second-order valence-electron chi connectivity index (χ2n) is 8.14. The van der Waals surface area contributed by atoms with E-state index in [4.69, 9.17) is 4.52 Å². The number of unbranched alkanes of at least 4 members (excludes halogenated alkanes) is 5. The van der Waals surface area contributed by atoms with Gasteiger partial charge in [0.1, 0.15) is 6.04 Å². The maximum Gasteiger partial charge on any atom is 0.407 e. The predicted molar refractivity (Wildman–Crippen MR) is 115 cm³/mol. The van der Waals surface area contributed by atoms with Crippen LogP contribution < -0.4 is 0 Å². The summed E-state index contributed by atoms with van der Waals surface area (Å²) >= 11 is 0. The van der Waals surface area contributed by atoms with Crippen LogP contribution in [0.1, 0.15) is 70.2 Å². The molecule has 0 spiro atoms. The number of amides is 1. The Morgan fingerprint density at radius 1 is 1.20 bits per heavy atom. The molecule has 1 fully saturated rings. The molecule has 160 valence electrons. The highest BCUT2D eigenvalue weighted by Gasteiger charge is 2.34. The van der Waals surface area contributed by atoms with Crippen LogP contribution in [0.3, 0.4) is 0 Å². The third-order valence-corrected chi connectivity index (χ3v) is 6.01. The minimum Gasteiger partial charge on any atom is -0.465 e. The first-order valence-electron chi connectivity index (χ1n) is 11.1. The number of carboxylic acid groups (broad SMARTS) is 1. The third-order valence-electron chi connectivity index (χ3n) is 6.01. The lowest BCUT2D eigenvalue weighted by Crippen LogP contribution is -2.28. The summed E-state index contributed by atoms with van der Waals surface area (Å²) in [4.78, 5) is 17.3. The Balaban J connectivity index is 1.47. The van der Waals surface area contributed by atoms with Crippen molar-refractivity contribution in [3.63, 3.8) is 0 Å². The number of nitrogens with zero attached hydrogens (tertiary/aromatic N) is 4. The number of aryl methyl sites for hydroxylation is 1. The molecule has 7 nitrogen and oxygen atoms in total. The Bertz CT molecular complexity index is 993. The van der Waals surface area contributed by atoms with Crippen LogP contribution in [0, 0.1) is 0 Å². The quantitative estimate of drug-likeness (QED) is 0.446. The average Bonchev–Trinajstić information content (AvgIpc) is 3.49. The number of carbonyl (C=O) groups is 1. The first kappa shape index (κ1) is 20.4. The number of likely N-dealkylation sites (tertiary alicyclic amines) is 1. The van der Waals surface area contributed by atoms with E-state index in [1.165, 1.54) is 54.3 Å². The van der Waals surface area contributed by atoms with Crippen molar-refractivity contribution in [2.24, 2.45) is 0 Å². The molecule has 0 bridgehead atoms. The van der Waals surface area contributed by atoms with Crippen LogP contribution in [0.25, 0.3) is 22.3 Å². The maximum atomic E-state index is 11.4. The summed E-state index contributed by atoms with van der Waals surface area (Å²) in [6.07, 6.45) is 10.4. The Hall–Kier alpha value is -2.83. The molecule has 1 amide bonds. The van der Waals surface area contributed by atoms with Crippen LogP contribution in [-0.2, 0) is 6.54 Å². The van der Waals surface area contributed by atoms with Gasteiger partial charge in [0.05, 0.1) is 0 Å². The molecule has 30 heavy (non-hydrogen) atoms. The Kier molecular flexibility index (Phi) is 6.35. The summed E-state index contributed by atoms with van der Waals surface area (Å²) < 4.78 is 7.74. The SMILES string of the molecule is CCCCCCCCn1ccc2ccc(-c3noc([C@@H]4CCCN4C(=O)O)n3)cc21. The molecular formula is C23H30N4O3. The van der Waals surface area contributed by atoms with Gasteiger partial charge in [0.25, 0.3) is 0 Å². The number of hydrogen-bond acceptors (Lipinski definition) is 4. The maximum absolute atomic E-state index is 11.4. The zero-order valence-electron chi connectivity index (χ0n) is 17.6. The second-order valence-corrected chi connectivity index (χ2v) is 8.14. The summed E-state index contributed by atoms with van der Waals surface area (Å²) in [5, 5.41) is 14.7. The van der Waals surface area contributed by atoms with Crippen molar-refractivity contribution < 1.29 is 14.4 Å². The van der Waals surface area contributed by atoms with Crippen LogP contribution in [0.4, 0.5) is 4.79 Å². The van der Waals surface area contributed by atoms with E-state index in [2.05, 4.69) is 46.0 Å². The molecule has 1 aromatic carbocycles. The molecule has 3 aromatic rings.